The fraction of sp³-hybridized carbons (Fsp3) is 0.923. The van der Waals surface area contributed by atoms with E-state index in [9.17, 15) is 4.79 Å². The fourth-order valence-corrected chi connectivity index (χ4v) is 5.91. The normalized spacial score (nSPS) is 51.5. The number of rotatable bonds is 3. The zero-order chi connectivity index (χ0) is 12.3. The SMILES string of the molecule is CC12CC3CC(C)(C1)CC(NBC(=O)O)(C3)C2. The van der Waals surface area contributed by atoms with Gasteiger partial charge in [-0.2, -0.15) is 0 Å². The molecule has 0 spiro atoms. The van der Waals surface area contributed by atoms with E-state index in [4.69, 9.17) is 5.11 Å². The lowest BCUT2D eigenvalue weighted by Gasteiger charge is -2.65. The van der Waals surface area contributed by atoms with Crippen molar-refractivity contribution in [2.45, 2.75) is 57.9 Å². The van der Waals surface area contributed by atoms with Crippen LogP contribution in [0.25, 0.3) is 0 Å². The second-order valence-electron chi connectivity index (χ2n) is 7.66. The topological polar surface area (TPSA) is 49.3 Å². The smallest absolute Gasteiger partial charge is 0.338 e. The molecule has 0 aromatic rings. The highest BCUT2D eigenvalue weighted by Crippen LogP contribution is 2.66. The molecule has 0 aliphatic heterocycles. The van der Waals surface area contributed by atoms with Crippen molar-refractivity contribution in [1.82, 2.24) is 5.23 Å². The monoisotopic (exact) mass is 235 g/mol. The van der Waals surface area contributed by atoms with Crippen LogP contribution in [-0.4, -0.2) is 23.9 Å². The maximum absolute atomic E-state index is 10.8. The van der Waals surface area contributed by atoms with Crippen molar-refractivity contribution in [3.8, 4) is 0 Å². The Morgan fingerprint density at radius 3 is 2.24 bits per heavy atom. The Morgan fingerprint density at radius 2 is 1.76 bits per heavy atom. The van der Waals surface area contributed by atoms with Crippen LogP contribution in [-0.2, 0) is 0 Å². The van der Waals surface area contributed by atoms with Crippen LogP contribution in [0, 0.1) is 16.7 Å². The van der Waals surface area contributed by atoms with Gasteiger partial charge in [-0.3, -0.25) is 4.79 Å². The molecule has 0 aromatic carbocycles. The third-order valence-electron chi connectivity index (χ3n) is 5.24. The molecule has 0 amide bonds. The molecule has 0 heterocycles. The summed E-state index contributed by atoms with van der Waals surface area (Å²) in [6.45, 7) is 4.82. The largest absolute Gasteiger partial charge is 0.488 e. The van der Waals surface area contributed by atoms with Gasteiger partial charge in [0.2, 0.25) is 0 Å². The summed E-state index contributed by atoms with van der Waals surface area (Å²) < 4.78 is 0. The van der Waals surface area contributed by atoms with Crippen LogP contribution < -0.4 is 5.23 Å². The molecule has 4 aliphatic rings. The summed E-state index contributed by atoms with van der Waals surface area (Å²) in [5.74, 6) is 0.0959. The minimum atomic E-state index is -0.726. The van der Waals surface area contributed by atoms with Crippen molar-refractivity contribution in [3.63, 3.8) is 0 Å². The highest BCUT2D eigenvalue weighted by Gasteiger charge is 2.59. The zero-order valence-electron chi connectivity index (χ0n) is 10.9. The fourth-order valence-electron chi connectivity index (χ4n) is 5.91. The van der Waals surface area contributed by atoms with Gasteiger partial charge in [0, 0.05) is 5.54 Å². The van der Waals surface area contributed by atoms with E-state index in [1.807, 2.05) is 0 Å². The van der Waals surface area contributed by atoms with Crippen LogP contribution >= 0.6 is 0 Å². The van der Waals surface area contributed by atoms with Gasteiger partial charge in [-0.1, -0.05) is 13.8 Å². The van der Waals surface area contributed by atoms with Gasteiger partial charge in [0.05, 0.1) is 0 Å². The molecule has 4 bridgehead atoms. The lowest BCUT2D eigenvalue weighted by molar-refractivity contribution is -0.110. The maximum Gasteiger partial charge on any atom is 0.338 e. The Hall–Kier alpha value is -0.505. The number of hydrogen-bond acceptors (Lipinski definition) is 2. The zero-order valence-corrected chi connectivity index (χ0v) is 10.9. The van der Waals surface area contributed by atoms with Gasteiger partial charge in [0.25, 0.3) is 5.87 Å². The molecule has 4 aliphatic carbocycles. The molecular weight excluding hydrogens is 213 g/mol. The Balaban J connectivity index is 1.84. The van der Waals surface area contributed by atoms with Crippen molar-refractivity contribution in [1.29, 1.82) is 0 Å². The second kappa shape index (κ2) is 3.28. The van der Waals surface area contributed by atoms with Crippen molar-refractivity contribution < 1.29 is 9.90 Å². The first-order valence-corrected chi connectivity index (χ1v) is 6.79. The van der Waals surface area contributed by atoms with Crippen molar-refractivity contribution >= 4 is 13.3 Å². The average molecular weight is 235 g/mol. The molecular formula is C13H22BNO2. The third kappa shape index (κ3) is 1.90. The summed E-state index contributed by atoms with van der Waals surface area (Å²) in [5.41, 5.74) is 1.04. The first kappa shape index (κ1) is 11.6. The van der Waals surface area contributed by atoms with Crippen molar-refractivity contribution in [3.05, 3.63) is 0 Å². The van der Waals surface area contributed by atoms with Crippen LogP contribution in [0.3, 0.4) is 0 Å². The molecule has 4 saturated carbocycles. The molecule has 2 atom stereocenters. The number of carbonyl (C=O) groups is 1. The average Bonchev–Trinajstić information content (AvgIpc) is 2.08. The molecule has 4 rings (SSSR count). The van der Waals surface area contributed by atoms with Crippen molar-refractivity contribution in [2.24, 2.45) is 16.7 Å². The standard InChI is InChI=1S/C13H22BNO2/c1-11-3-9-4-12(2,6-11)8-13(5-9,7-11)15-14-10(16)17/h9,14-15H,3-8H2,1-2H3,(H,16,17). The van der Waals surface area contributed by atoms with Gasteiger partial charge in [-0.05, 0) is 55.3 Å². The van der Waals surface area contributed by atoms with E-state index in [1.165, 1.54) is 38.5 Å². The second-order valence-corrected chi connectivity index (χ2v) is 7.66. The number of carboxylic acid groups (broad SMARTS) is 1. The number of nitrogens with one attached hydrogen (secondary N) is 1. The van der Waals surface area contributed by atoms with E-state index < -0.39 is 5.87 Å². The molecule has 0 aromatic heterocycles. The highest BCUT2D eigenvalue weighted by atomic mass is 16.4. The minimum absolute atomic E-state index is 0.124. The first-order chi connectivity index (χ1) is 7.82. The number of hydrogen-bond donors (Lipinski definition) is 2. The van der Waals surface area contributed by atoms with Gasteiger partial charge in [0.15, 0.2) is 0 Å². The van der Waals surface area contributed by atoms with E-state index in [-0.39, 0.29) is 13.0 Å². The van der Waals surface area contributed by atoms with Gasteiger partial charge >= 0.3 is 7.41 Å². The van der Waals surface area contributed by atoms with E-state index in [0.29, 0.717) is 10.8 Å². The Bertz CT molecular complexity index is 352. The molecule has 4 fully saturated rings. The molecule has 0 saturated heterocycles. The summed E-state index contributed by atoms with van der Waals surface area (Å²) >= 11 is 0. The first-order valence-electron chi connectivity index (χ1n) is 6.79. The molecule has 94 valence electrons. The van der Waals surface area contributed by atoms with Crippen LogP contribution in [0.4, 0.5) is 4.79 Å². The summed E-state index contributed by atoms with van der Waals surface area (Å²) in [4.78, 5) is 10.8. The maximum atomic E-state index is 10.8. The van der Waals surface area contributed by atoms with Crippen LogP contribution in [0.5, 0.6) is 0 Å². The Morgan fingerprint density at radius 1 is 1.18 bits per heavy atom. The van der Waals surface area contributed by atoms with Gasteiger partial charge < -0.3 is 10.3 Å². The summed E-state index contributed by atoms with van der Waals surface area (Å²) in [5, 5.41) is 12.3. The van der Waals surface area contributed by atoms with E-state index in [1.54, 1.807) is 0 Å². The summed E-state index contributed by atoms with van der Waals surface area (Å²) in [7, 11) is 0.124. The van der Waals surface area contributed by atoms with Gasteiger partial charge in [-0.25, -0.2) is 0 Å². The predicted molar refractivity (Wildman–Crippen MR) is 68.4 cm³/mol. The third-order valence-corrected chi connectivity index (χ3v) is 5.24. The summed E-state index contributed by atoms with van der Waals surface area (Å²) in [6, 6.07) is 0. The van der Waals surface area contributed by atoms with Crippen LogP contribution in [0.15, 0.2) is 0 Å². The quantitative estimate of drug-likeness (QED) is 0.738. The lowest BCUT2D eigenvalue weighted by Crippen LogP contribution is -2.65. The molecule has 2 unspecified atom stereocenters. The molecule has 3 nitrogen and oxygen atoms in total. The highest BCUT2D eigenvalue weighted by molar-refractivity contribution is 6.69. The lowest BCUT2D eigenvalue weighted by atomic mass is 9.42. The van der Waals surface area contributed by atoms with Crippen LogP contribution in [0.2, 0.25) is 0 Å². The molecule has 0 radical (unpaired) electrons. The molecule has 4 heteroatoms. The van der Waals surface area contributed by atoms with Crippen LogP contribution in [0.1, 0.15) is 52.4 Å². The minimum Gasteiger partial charge on any atom is -0.488 e. The molecule has 2 N–H and O–H groups in total. The van der Waals surface area contributed by atoms with E-state index >= 15 is 0 Å². The Labute approximate surface area is 104 Å². The Kier molecular flexibility index (Phi) is 2.24. The van der Waals surface area contributed by atoms with E-state index in [2.05, 4.69) is 19.1 Å². The summed E-state index contributed by atoms with van der Waals surface area (Å²) in [6.07, 6.45) is 7.62. The predicted octanol–water partition coefficient (Wildman–Crippen LogP) is 2.35. The van der Waals surface area contributed by atoms with Gasteiger partial charge in [0.1, 0.15) is 0 Å². The van der Waals surface area contributed by atoms with Crippen molar-refractivity contribution in [2.75, 3.05) is 0 Å². The van der Waals surface area contributed by atoms with Gasteiger partial charge in [-0.15, -0.1) is 0 Å². The van der Waals surface area contributed by atoms with E-state index in [0.717, 1.165) is 5.92 Å². The molecule has 17 heavy (non-hydrogen) atoms.